The van der Waals surface area contributed by atoms with Crippen molar-refractivity contribution in [2.24, 2.45) is 0 Å². The highest BCUT2D eigenvalue weighted by molar-refractivity contribution is 7.09. The van der Waals surface area contributed by atoms with Crippen molar-refractivity contribution in [2.45, 2.75) is 6.61 Å². The molecule has 126 valence electrons. The molecule has 0 unspecified atom stereocenters. The van der Waals surface area contributed by atoms with Crippen molar-refractivity contribution in [1.29, 1.82) is 0 Å². The van der Waals surface area contributed by atoms with Crippen molar-refractivity contribution in [1.82, 2.24) is 0 Å². The van der Waals surface area contributed by atoms with E-state index in [1.54, 1.807) is 53.8 Å². The number of anilines is 1. The summed E-state index contributed by atoms with van der Waals surface area (Å²) in [6.07, 6.45) is 0. The number of benzene rings is 2. The highest BCUT2D eigenvalue weighted by atomic mass is 32.1. The molecule has 0 saturated heterocycles. The summed E-state index contributed by atoms with van der Waals surface area (Å²) in [5.41, 5.74) is 1.22. The summed E-state index contributed by atoms with van der Waals surface area (Å²) in [6, 6.07) is 16.4. The fourth-order valence-corrected chi connectivity index (χ4v) is 3.05. The van der Waals surface area contributed by atoms with Gasteiger partial charge in [0.05, 0.1) is 0 Å². The molecular formula is C19H15NO4S. The van der Waals surface area contributed by atoms with E-state index in [0.29, 0.717) is 29.4 Å². The Morgan fingerprint density at radius 1 is 1.08 bits per heavy atom. The van der Waals surface area contributed by atoms with Gasteiger partial charge in [0.15, 0.2) is 11.5 Å². The lowest BCUT2D eigenvalue weighted by atomic mass is 10.2. The quantitative estimate of drug-likeness (QED) is 0.743. The van der Waals surface area contributed by atoms with Crippen molar-refractivity contribution < 1.29 is 19.0 Å². The number of carbonyl (C=O) groups is 1. The Morgan fingerprint density at radius 3 is 2.72 bits per heavy atom. The molecule has 0 spiro atoms. The Bertz CT molecular complexity index is 875. The van der Waals surface area contributed by atoms with Crippen molar-refractivity contribution in [3.8, 4) is 17.2 Å². The molecule has 6 heteroatoms. The molecule has 4 rings (SSSR count). The topological polar surface area (TPSA) is 56.8 Å². The minimum absolute atomic E-state index is 0.191. The molecule has 2 heterocycles. The van der Waals surface area contributed by atoms with Crippen molar-refractivity contribution in [2.75, 3.05) is 12.1 Å². The van der Waals surface area contributed by atoms with Gasteiger partial charge in [0.1, 0.15) is 12.4 Å². The van der Waals surface area contributed by atoms with E-state index >= 15 is 0 Å². The van der Waals surface area contributed by atoms with Gasteiger partial charge < -0.3 is 19.5 Å². The van der Waals surface area contributed by atoms with Crippen LogP contribution in [0.5, 0.6) is 17.2 Å². The zero-order valence-corrected chi connectivity index (χ0v) is 14.0. The zero-order chi connectivity index (χ0) is 17.1. The van der Waals surface area contributed by atoms with Gasteiger partial charge in [0.2, 0.25) is 6.79 Å². The number of rotatable bonds is 5. The molecule has 0 fully saturated rings. The van der Waals surface area contributed by atoms with Crippen LogP contribution in [0.3, 0.4) is 0 Å². The average Bonchev–Trinajstić information content (AvgIpc) is 3.31. The molecule has 1 aromatic heterocycles. The predicted octanol–water partition coefficient (Wildman–Crippen LogP) is 4.31. The smallest absolute Gasteiger partial charge is 0.255 e. The van der Waals surface area contributed by atoms with E-state index in [4.69, 9.17) is 14.2 Å². The predicted molar refractivity (Wildman–Crippen MR) is 95.6 cm³/mol. The third-order valence-corrected chi connectivity index (χ3v) is 4.56. The number of fused-ring (bicyclic) bond motifs is 1. The molecule has 0 atom stereocenters. The second-order valence-corrected chi connectivity index (χ2v) is 6.45. The van der Waals surface area contributed by atoms with Gasteiger partial charge in [-0.1, -0.05) is 6.07 Å². The first-order valence-electron chi connectivity index (χ1n) is 7.74. The largest absolute Gasteiger partial charge is 0.488 e. The number of hydrogen-bond donors (Lipinski definition) is 1. The van der Waals surface area contributed by atoms with E-state index in [0.717, 1.165) is 10.6 Å². The van der Waals surface area contributed by atoms with Gasteiger partial charge in [-0.3, -0.25) is 4.79 Å². The van der Waals surface area contributed by atoms with Crippen LogP contribution >= 0.6 is 11.3 Å². The van der Waals surface area contributed by atoms with Crippen LogP contribution in [0.15, 0.2) is 60.0 Å². The van der Waals surface area contributed by atoms with Crippen LogP contribution in [0.4, 0.5) is 5.69 Å². The maximum atomic E-state index is 12.3. The third-order valence-electron chi connectivity index (χ3n) is 3.71. The third kappa shape index (κ3) is 3.59. The number of thiophene rings is 1. The van der Waals surface area contributed by atoms with Crippen molar-refractivity contribution >= 4 is 22.9 Å². The Labute approximate surface area is 148 Å². The van der Waals surface area contributed by atoms with Crippen LogP contribution in [0.25, 0.3) is 0 Å². The molecule has 0 bridgehead atoms. The standard InChI is InChI=1S/C19H15NO4S/c21-19(20-14-5-8-17-18(10-14)24-12-23-17)13-3-6-15(7-4-13)22-11-16-2-1-9-25-16/h1-10H,11-12H2,(H,20,21). The number of ether oxygens (including phenoxy) is 3. The molecule has 0 saturated carbocycles. The van der Waals surface area contributed by atoms with Gasteiger partial charge in [0, 0.05) is 22.2 Å². The lowest BCUT2D eigenvalue weighted by molar-refractivity contribution is 0.102. The van der Waals surface area contributed by atoms with E-state index in [2.05, 4.69) is 5.32 Å². The first-order chi connectivity index (χ1) is 12.3. The number of nitrogens with one attached hydrogen (secondary N) is 1. The van der Waals surface area contributed by atoms with Crippen LogP contribution in [-0.2, 0) is 6.61 Å². The zero-order valence-electron chi connectivity index (χ0n) is 13.2. The molecular weight excluding hydrogens is 338 g/mol. The Balaban J connectivity index is 1.38. The fraction of sp³-hybridized carbons (Fsp3) is 0.105. The van der Waals surface area contributed by atoms with E-state index < -0.39 is 0 Å². The summed E-state index contributed by atoms with van der Waals surface area (Å²) < 4.78 is 16.3. The normalized spacial score (nSPS) is 12.0. The summed E-state index contributed by atoms with van der Waals surface area (Å²) in [4.78, 5) is 13.5. The molecule has 1 aliphatic rings. The van der Waals surface area contributed by atoms with E-state index in [-0.39, 0.29) is 12.7 Å². The summed E-state index contributed by atoms with van der Waals surface area (Å²) in [5, 5.41) is 4.86. The Morgan fingerprint density at radius 2 is 1.92 bits per heavy atom. The van der Waals surface area contributed by atoms with Gasteiger partial charge >= 0.3 is 0 Å². The minimum atomic E-state index is -0.191. The summed E-state index contributed by atoms with van der Waals surface area (Å²) in [5.74, 6) is 1.86. The minimum Gasteiger partial charge on any atom is -0.488 e. The molecule has 1 amide bonds. The van der Waals surface area contributed by atoms with Crippen LogP contribution in [0.1, 0.15) is 15.2 Å². The second kappa shape index (κ2) is 6.86. The van der Waals surface area contributed by atoms with Crippen LogP contribution in [-0.4, -0.2) is 12.7 Å². The highest BCUT2D eigenvalue weighted by Crippen LogP contribution is 2.34. The SMILES string of the molecule is O=C(Nc1ccc2c(c1)OCO2)c1ccc(OCc2cccs2)cc1. The van der Waals surface area contributed by atoms with Gasteiger partial charge in [-0.05, 0) is 47.8 Å². The summed E-state index contributed by atoms with van der Waals surface area (Å²) >= 11 is 1.65. The second-order valence-electron chi connectivity index (χ2n) is 5.41. The van der Waals surface area contributed by atoms with Crippen molar-refractivity contribution in [3.63, 3.8) is 0 Å². The maximum absolute atomic E-state index is 12.3. The first kappa shape index (κ1) is 15.5. The molecule has 0 radical (unpaired) electrons. The molecule has 1 N–H and O–H groups in total. The lowest BCUT2D eigenvalue weighted by Gasteiger charge is -2.08. The summed E-state index contributed by atoms with van der Waals surface area (Å²) in [7, 11) is 0. The van der Waals surface area contributed by atoms with Crippen LogP contribution < -0.4 is 19.5 Å². The molecule has 0 aliphatic carbocycles. The van der Waals surface area contributed by atoms with Gasteiger partial charge in [-0.2, -0.15) is 0 Å². The molecule has 25 heavy (non-hydrogen) atoms. The fourth-order valence-electron chi connectivity index (χ4n) is 2.43. The van der Waals surface area contributed by atoms with Gasteiger partial charge in [0.25, 0.3) is 5.91 Å². The molecule has 2 aromatic carbocycles. The average molecular weight is 353 g/mol. The number of carbonyl (C=O) groups excluding carboxylic acids is 1. The molecule has 3 aromatic rings. The van der Waals surface area contributed by atoms with E-state index in [1.807, 2.05) is 17.5 Å². The Hall–Kier alpha value is -2.99. The maximum Gasteiger partial charge on any atom is 0.255 e. The Kier molecular flexibility index (Phi) is 4.26. The van der Waals surface area contributed by atoms with Crippen LogP contribution in [0.2, 0.25) is 0 Å². The lowest BCUT2D eigenvalue weighted by Crippen LogP contribution is -2.11. The van der Waals surface area contributed by atoms with Gasteiger partial charge in [-0.15, -0.1) is 11.3 Å². The van der Waals surface area contributed by atoms with Gasteiger partial charge in [-0.25, -0.2) is 0 Å². The van der Waals surface area contributed by atoms with E-state index in [1.165, 1.54) is 0 Å². The van der Waals surface area contributed by atoms with E-state index in [9.17, 15) is 4.79 Å². The molecule has 1 aliphatic heterocycles. The van der Waals surface area contributed by atoms with Crippen LogP contribution in [0, 0.1) is 0 Å². The number of hydrogen-bond acceptors (Lipinski definition) is 5. The first-order valence-corrected chi connectivity index (χ1v) is 8.62. The summed E-state index contributed by atoms with van der Waals surface area (Å²) in [6.45, 7) is 0.736. The highest BCUT2D eigenvalue weighted by Gasteiger charge is 2.14. The number of amides is 1. The molecule has 5 nitrogen and oxygen atoms in total. The monoisotopic (exact) mass is 353 g/mol. The van der Waals surface area contributed by atoms with Crippen molar-refractivity contribution in [3.05, 3.63) is 70.4 Å².